The summed E-state index contributed by atoms with van der Waals surface area (Å²) in [6.07, 6.45) is 12.6. The number of hydrogen-bond acceptors (Lipinski definition) is 5. The van der Waals surface area contributed by atoms with Gasteiger partial charge in [-0.15, -0.1) is 0 Å². The van der Waals surface area contributed by atoms with Crippen LogP contribution in [0.2, 0.25) is 0 Å². The summed E-state index contributed by atoms with van der Waals surface area (Å²) < 4.78 is 0. The molecular weight excluding hydrogens is 675 g/mol. The van der Waals surface area contributed by atoms with Crippen LogP contribution in [-0.2, 0) is 17.8 Å². The van der Waals surface area contributed by atoms with E-state index >= 15 is 0 Å². The molecule has 5 saturated carbocycles. The molecule has 4 unspecified atom stereocenters. The summed E-state index contributed by atoms with van der Waals surface area (Å²) in [7, 11) is 0. The fourth-order valence-corrected chi connectivity index (χ4v) is 13.8. The largest absolute Gasteiger partial charge is 0.478 e. The zero-order valence-corrected chi connectivity index (χ0v) is 33.5. The maximum Gasteiger partial charge on any atom is 0.335 e. The van der Waals surface area contributed by atoms with Crippen molar-refractivity contribution in [3.05, 3.63) is 77.1 Å². The van der Waals surface area contributed by atoms with Crippen LogP contribution in [0.15, 0.2) is 54.7 Å². The number of fused-ring (bicyclic) bond motifs is 7. The molecule has 4 N–H and O–H groups in total. The third kappa shape index (κ3) is 6.04. The van der Waals surface area contributed by atoms with Gasteiger partial charge in [-0.1, -0.05) is 58.9 Å². The normalized spacial score (nSPS) is 37.8. The van der Waals surface area contributed by atoms with Gasteiger partial charge >= 0.3 is 5.97 Å². The predicted octanol–water partition coefficient (Wildman–Crippen LogP) is 8.39. The van der Waals surface area contributed by atoms with Gasteiger partial charge in [-0.3, -0.25) is 14.6 Å². The van der Waals surface area contributed by atoms with Crippen LogP contribution >= 0.6 is 0 Å². The number of benzene rings is 1. The molecule has 10 atom stereocenters. The lowest BCUT2D eigenvalue weighted by Crippen LogP contribution is -2.67. The van der Waals surface area contributed by atoms with E-state index in [-0.39, 0.29) is 51.1 Å². The van der Waals surface area contributed by atoms with Crippen LogP contribution in [-0.4, -0.2) is 45.6 Å². The van der Waals surface area contributed by atoms with Gasteiger partial charge in [-0.05, 0) is 164 Å². The molecule has 8 nitrogen and oxygen atoms in total. The van der Waals surface area contributed by atoms with E-state index in [2.05, 4.69) is 63.7 Å². The van der Waals surface area contributed by atoms with Crippen LogP contribution in [0.5, 0.6) is 0 Å². The molecule has 7 rings (SSSR count). The molecule has 0 aliphatic heterocycles. The number of aromatic carboxylic acids is 1. The molecule has 5 aliphatic carbocycles. The molecular formula is C46H63N3O5. The number of aromatic nitrogens is 1. The first-order valence-corrected chi connectivity index (χ1v) is 20.6. The fraction of sp³-hybridized carbons (Fsp3) is 0.652. The highest BCUT2D eigenvalue weighted by molar-refractivity contribution is 5.92. The van der Waals surface area contributed by atoms with Crippen molar-refractivity contribution in [1.29, 1.82) is 0 Å². The number of pyridine rings is 1. The molecule has 0 radical (unpaired) electrons. The van der Waals surface area contributed by atoms with Gasteiger partial charge in [-0.25, -0.2) is 4.79 Å². The number of rotatable bonds is 9. The Labute approximate surface area is 322 Å². The Kier molecular flexibility index (Phi) is 9.97. The van der Waals surface area contributed by atoms with Crippen LogP contribution in [0.4, 0.5) is 0 Å². The predicted molar refractivity (Wildman–Crippen MR) is 210 cm³/mol. The van der Waals surface area contributed by atoms with Gasteiger partial charge in [0.25, 0.3) is 5.91 Å². The lowest BCUT2D eigenvalue weighted by molar-refractivity contribution is -0.246. The number of carboxylic acid groups (broad SMARTS) is 1. The van der Waals surface area contributed by atoms with Crippen LogP contribution < -0.4 is 10.6 Å². The lowest BCUT2D eigenvalue weighted by atomic mass is 9.32. The Morgan fingerprint density at radius 2 is 1.57 bits per heavy atom. The molecule has 2 amide bonds. The summed E-state index contributed by atoms with van der Waals surface area (Å²) in [4.78, 5) is 43.2. The number of aliphatic hydroxyl groups excluding tert-OH is 1. The van der Waals surface area contributed by atoms with E-state index in [1.54, 1.807) is 36.5 Å². The third-order valence-electron chi connectivity index (χ3n) is 16.9. The number of carboxylic acids is 1. The first-order chi connectivity index (χ1) is 25.5. The Bertz CT molecular complexity index is 1810. The van der Waals surface area contributed by atoms with Crippen molar-refractivity contribution in [2.75, 3.05) is 6.54 Å². The van der Waals surface area contributed by atoms with E-state index in [9.17, 15) is 19.5 Å². The second-order valence-electron chi connectivity index (χ2n) is 19.5. The van der Waals surface area contributed by atoms with E-state index < -0.39 is 11.4 Å². The van der Waals surface area contributed by atoms with Crippen LogP contribution in [0.25, 0.3) is 0 Å². The van der Waals surface area contributed by atoms with E-state index in [1.807, 2.05) is 6.07 Å². The average molecular weight is 738 g/mol. The SMILES string of the molecule is C=C(C)[C@@H]1CC[C@]2(C(=O)NCc3ccnc(C(=O)NCCc4ccc(C(=O)O)cc4)c3)CC[C@]3(C)C(CCC4[C@@]5(C)CC[C@H](O)C(C)(C)C5CC[C@]43C)C12. The fourth-order valence-electron chi connectivity index (χ4n) is 13.8. The first-order valence-electron chi connectivity index (χ1n) is 20.6. The van der Waals surface area contributed by atoms with E-state index in [1.165, 1.54) is 24.8 Å². The van der Waals surface area contributed by atoms with Crippen molar-refractivity contribution in [1.82, 2.24) is 15.6 Å². The number of nitrogens with one attached hydrogen (secondary N) is 2. The number of allylic oxidation sites excluding steroid dienone is 1. The molecule has 2 aromatic rings. The Morgan fingerprint density at radius 1 is 0.833 bits per heavy atom. The number of hydrogen-bond donors (Lipinski definition) is 4. The third-order valence-corrected chi connectivity index (χ3v) is 16.9. The summed E-state index contributed by atoms with van der Waals surface area (Å²) in [5.74, 6) is 1.11. The van der Waals surface area contributed by atoms with Crippen molar-refractivity contribution < 1.29 is 24.6 Å². The standard InChI is InChI=1S/C46H63N3O5/c1-28(2)32-14-21-46(41(54)49-27-30-18-24-47-34(26-30)39(51)48-25-17-29-8-10-31(11-9-29)40(52)53)23-22-44(6)33(38(32)46)12-13-36-43(5)19-16-37(50)42(3,4)35(43)15-20-45(36,44)7/h8-11,18,24,26,32-33,35-38,50H,1,12-17,19-23,25,27H2,2-7H3,(H,48,51)(H,49,54)(H,52,53)/t32-,33?,35?,36?,37-,38?,43-,44+,45+,46-/m0/s1. The van der Waals surface area contributed by atoms with Crippen LogP contribution in [0.1, 0.15) is 138 Å². The van der Waals surface area contributed by atoms with Crippen LogP contribution in [0.3, 0.4) is 0 Å². The average Bonchev–Trinajstić information content (AvgIpc) is 3.54. The molecule has 1 heterocycles. The highest BCUT2D eigenvalue weighted by atomic mass is 16.4. The molecule has 0 saturated heterocycles. The lowest BCUT2D eigenvalue weighted by Gasteiger charge is -2.72. The summed E-state index contributed by atoms with van der Waals surface area (Å²) in [5, 5.41) is 26.5. The second-order valence-corrected chi connectivity index (χ2v) is 19.5. The zero-order chi connectivity index (χ0) is 38.8. The molecule has 0 spiro atoms. The summed E-state index contributed by atoms with van der Waals surface area (Å²) in [5.41, 5.74) is 3.57. The minimum Gasteiger partial charge on any atom is -0.478 e. The van der Waals surface area contributed by atoms with Gasteiger partial charge in [0, 0.05) is 19.3 Å². The number of amides is 2. The molecule has 54 heavy (non-hydrogen) atoms. The number of aliphatic hydroxyl groups is 1. The van der Waals surface area contributed by atoms with Crippen molar-refractivity contribution in [2.45, 2.75) is 125 Å². The van der Waals surface area contributed by atoms with Gasteiger partial charge < -0.3 is 20.8 Å². The smallest absolute Gasteiger partial charge is 0.335 e. The van der Waals surface area contributed by atoms with Crippen LogP contribution in [0, 0.1) is 56.7 Å². The molecule has 5 fully saturated rings. The summed E-state index contributed by atoms with van der Waals surface area (Å²) >= 11 is 0. The number of carbonyl (C=O) groups excluding carboxylic acids is 2. The van der Waals surface area contributed by atoms with Crippen molar-refractivity contribution in [3.63, 3.8) is 0 Å². The molecule has 1 aromatic heterocycles. The molecule has 292 valence electrons. The highest BCUT2D eigenvalue weighted by Crippen LogP contribution is 2.77. The Balaban J connectivity index is 1.05. The molecule has 8 heteroatoms. The zero-order valence-electron chi connectivity index (χ0n) is 33.5. The highest BCUT2D eigenvalue weighted by Gasteiger charge is 2.71. The monoisotopic (exact) mass is 737 g/mol. The maximum atomic E-state index is 14.7. The van der Waals surface area contributed by atoms with Gasteiger partial charge in [0.2, 0.25) is 5.91 Å². The molecule has 0 bridgehead atoms. The quantitative estimate of drug-likeness (QED) is 0.192. The summed E-state index contributed by atoms with van der Waals surface area (Å²) in [6, 6.07) is 10.3. The van der Waals surface area contributed by atoms with Gasteiger partial charge in [0.05, 0.1) is 17.1 Å². The van der Waals surface area contributed by atoms with E-state index in [4.69, 9.17) is 5.11 Å². The van der Waals surface area contributed by atoms with Gasteiger partial charge in [0.15, 0.2) is 0 Å². The molecule has 1 aromatic carbocycles. The van der Waals surface area contributed by atoms with Crippen molar-refractivity contribution in [2.24, 2.45) is 56.7 Å². The first kappa shape index (κ1) is 38.7. The summed E-state index contributed by atoms with van der Waals surface area (Å²) in [6.45, 7) is 19.8. The van der Waals surface area contributed by atoms with E-state index in [0.717, 1.165) is 56.1 Å². The van der Waals surface area contributed by atoms with Crippen molar-refractivity contribution >= 4 is 17.8 Å². The number of nitrogens with zero attached hydrogens (tertiary/aromatic N) is 1. The minimum absolute atomic E-state index is 0.0683. The second kappa shape index (κ2) is 13.9. The maximum absolute atomic E-state index is 14.7. The topological polar surface area (TPSA) is 129 Å². The Morgan fingerprint density at radius 3 is 2.28 bits per heavy atom. The Hall–Kier alpha value is -3.52. The van der Waals surface area contributed by atoms with Crippen molar-refractivity contribution in [3.8, 4) is 0 Å². The number of carbonyl (C=O) groups is 3. The van der Waals surface area contributed by atoms with E-state index in [0.29, 0.717) is 48.9 Å². The van der Waals surface area contributed by atoms with Gasteiger partial charge in [-0.2, -0.15) is 0 Å². The minimum atomic E-state index is -0.965. The van der Waals surface area contributed by atoms with Gasteiger partial charge in [0.1, 0.15) is 5.69 Å². The molecule has 5 aliphatic rings.